The molecule has 0 saturated carbocycles. The molecule has 4 rings (SSSR count). The molecule has 2 aromatic heterocycles. The Morgan fingerprint density at radius 3 is 2.88 bits per heavy atom. The molecule has 1 aromatic carbocycles. The summed E-state index contributed by atoms with van der Waals surface area (Å²) in [5, 5.41) is 7.99. The van der Waals surface area contributed by atoms with Gasteiger partial charge in [-0.3, -0.25) is 4.90 Å². The maximum atomic E-state index is 7.49. The van der Waals surface area contributed by atoms with E-state index in [0.717, 1.165) is 37.3 Å². The van der Waals surface area contributed by atoms with Gasteiger partial charge in [0.2, 0.25) is 5.69 Å². The zero-order valence-corrected chi connectivity index (χ0v) is 15.0. The van der Waals surface area contributed by atoms with E-state index in [2.05, 4.69) is 57.4 Å². The fourth-order valence-electron chi connectivity index (χ4n) is 3.71. The van der Waals surface area contributed by atoms with Crippen LogP contribution in [0.4, 0.5) is 11.4 Å². The van der Waals surface area contributed by atoms with Gasteiger partial charge in [0.05, 0.1) is 24.0 Å². The van der Waals surface area contributed by atoms with Crippen molar-refractivity contribution in [2.24, 2.45) is 5.92 Å². The summed E-state index contributed by atoms with van der Waals surface area (Å²) in [6.07, 6.45) is 4.72. The van der Waals surface area contributed by atoms with Crippen LogP contribution in [-0.2, 0) is 6.54 Å². The minimum atomic E-state index is 0.314. The Kier molecular flexibility index (Phi) is 4.59. The molecule has 1 aliphatic heterocycles. The van der Waals surface area contributed by atoms with Gasteiger partial charge in [0, 0.05) is 25.3 Å². The second-order valence-corrected chi connectivity index (χ2v) is 7.09. The molecule has 0 radical (unpaired) electrons. The van der Waals surface area contributed by atoms with E-state index in [9.17, 15) is 0 Å². The summed E-state index contributed by atoms with van der Waals surface area (Å²) >= 11 is 0. The first-order chi connectivity index (χ1) is 12.7. The molecule has 3 aromatic rings. The molecule has 1 fully saturated rings. The van der Waals surface area contributed by atoms with Gasteiger partial charge in [-0.25, -0.2) is 9.36 Å². The maximum absolute atomic E-state index is 7.49. The molecule has 1 N–H and O–H groups in total. The summed E-state index contributed by atoms with van der Waals surface area (Å²) in [7, 11) is 0. The maximum Gasteiger partial charge on any atom is 0.231 e. The summed E-state index contributed by atoms with van der Waals surface area (Å²) in [5.74, 6) is 0.559. The average molecular weight is 345 g/mol. The molecule has 0 spiro atoms. The average Bonchev–Trinajstić information content (AvgIpc) is 3.14. The highest BCUT2D eigenvalue weighted by molar-refractivity contribution is 5.84. The zero-order valence-electron chi connectivity index (χ0n) is 15.0. The number of likely N-dealkylation sites (tertiary alicyclic amines) is 1. The van der Waals surface area contributed by atoms with Crippen molar-refractivity contribution in [2.45, 2.75) is 25.9 Å². The standard InChI is InChI=1S/C21H23N5/c1-16-10-12-25(14-17-7-4-3-5-8-17)15-19(16)24-21-18(22-2)13-23-26-11-6-9-20(21)26/h3-9,11,13,16,19,24H,10,12,14-15H2,1H3. The monoisotopic (exact) mass is 345 g/mol. The van der Waals surface area contributed by atoms with Gasteiger partial charge < -0.3 is 5.32 Å². The molecule has 2 unspecified atom stereocenters. The van der Waals surface area contributed by atoms with Gasteiger partial charge >= 0.3 is 0 Å². The lowest BCUT2D eigenvalue weighted by molar-refractivity contribution is 0.170. The van der Waals surface area contributed by atoms with Crippen LogP contribution < -0.4 is 5.32 Å². The van der Waals surface area contributed by atoms with Crippen LogP contribution in [-0.4, -0.2) is 33.6 Å². The number of piperidine rings is 1. The van der Waals surface area contributed by atoms with Crippen LogP contribution in [0.5, 0.6) is 0 Å². The molecule has 0 bridgehead atoms. The molecule has 0 aliphatic carbocycles. The molecule has 3 heterocycles. The summed E-state index contributed by atoms with van der Waals surface area (Å²) in [5.41, 5.74) is 3.80. The van der Waals surface area contributed by atoms with E-state index in [1.807, 2.05) is 22.8 Å². The number of fused-ring (bicyclic) bond motifs is 1. The van der Waals surface area contributed by atoms with Crippen molar-refractivity contribution >= 4 is 16.9 Å². The highest BCUT2D eigenvalue weighted by Crippen LogP contribution is 2.32. The molecular formula is C21H23N5. The number of nitrogens with one attached hydrogen (secondary N) is 1. The smallest absolute Gasteiger partial charge is 0.231 e. The third kappa shape index (κ3) is 3.29. The van der Waals surface area contributed by atoms with Crippen LogP contribution in [0.3, 0.4) is 0 Å². The van der Waals surface area contributed by atoms with Crippen molar-refractivity contribution in [2.75, 3.05) is 18.4 Å². The van der Waals surface area contributed by atoms with Crippen LogP contribution in [0.2, 0.25) is 0 Å². The van der Waals surface area contributed by atoms with E-state index in [1.165, 1.54) is 5.56 Å². The van der Waals surface area contributed by atoms with E-state index in [4.69, 9.17) is 6.57 Å². The molecule has 5 heteroatoms. The molecule has 1 saturated heterocycles. The molecule has 132 valence electrons. The fraction of sp³-hybridized carbons (Fsp3) is 0.333. The number of rotatable bonds is 4. The lowest BCUT2D eigenvalue weighted by Crippen LogP contribution is -2.46. The van der Waals surface area contributed by atoms with Crippen LogP contribution in [0.1, 0.15) is 18.9 Å². The van der Waals surface area contributed by atoms with Crippen molar-refractivity contribution < 1.29 is 0 Å². The number of anilines is 1. The van der Waals surface area contributed by atoms with Crippen molar-refractivity contribution in [3.63, 3.8) is 0 Å². The van der Waals surface area contributed by atoms with E-state index >= 15 is 0 Å². The quantitative estimate of drug-likeness (QED) is 0.720. The number of benzene rings is 1. The fourth-order valence-corrected chi connectivity index (χ4v) is 3.71. The number of hydrogen-bond donors (Lipinski definition) is 1. The molecule has 5 nitrogen and oxygen atoms in total. The molecule has 2 atom stereocenters. The molecule has 26 heavy (non-hydrogen) atoms. The first-order valence-corrected chi connectivity index (χ1v) is 9.11. The number of nitrogens with zero attached hydrogens (tertiary/aromatic N) is 4. The highest BCUT2D eigenvalue weighted by atomic mass is 15.2. The van der Waals surface area contributed by atoms with E-state index in [0.29, 0.717) is 17.6 Å². The topological polar surface area (TPSA) is 36.9 Å². The summed E-state index contributed by atoms with van der Waals surface area (Å²) in [6, 6.07) is 14.9. The van der Waals surface area contributed by atoms with E-state index in [1.54, 1.807) is 6.20 Å². The lowest BCUT2D eigenvalue weighted by atomic mass is 9.92. The van der Waals surface area contributed by atoms with Gasteiger partial charge in [-0.2, -0.15) is 5.10 Å². The SMILES string of the molecule is [C-]#[N+]c1cnn2cccc2c1NC1CN(Cc2ccccc2)CCC1C. The summed E-state index contributed by atoms with van der Waals surface area (Å²) in [6.45, 7) is 12.8. The Balaban J connectivity index is 1.55. The highest BCUT2D eigenvalue weighted by Gasteiger charge is 2.27. The Hall–Kier alpha value is -2.84. The van der Waals surface area contributed by atoms with Gasteiger partial charge in [0.25, 0.3) is 0 Å². The predicted octanol–water partition coefficient (Wildman–Crippen LogP) is 4.21. The van der Waals surface area contributed by atoms with Gasteiger partial charge in [-0.15, -0.1) is 0 Å². The summed E-state index contributed by atoms with van der Waals surface area (Å²) in [4.78, 5) is 6.18. The Morgan fingerprint density at radius 1 is 1.23 bits per heavy atom. The largest absolute Gasteiger partial charge is 0.388 e. The molecule has 0 amide bonds. The predicted molar refractivity (Wildman–Crippen MR) is 104 cm³/mol. The summed E-state index contributed by atoms with van der Waals surface area (Å²) < 4.78 is 1.83. The third-order valence-corrected chi connectivity index (χ3v) is 5.29. The zero-order chi connectivity index (χ0) is 17.9. The van der Waals surface area contributed by atoms with E-state index in [-0.39, 0.29) is 0 Å². The third-order valence-electron chi connectivity index (χ3n) is 5.29. The van der Waals surface area contributed by atoms with Crippen molar-refractivity contribution in [1.82, 2.24) is 14.5 Å². The van der Waals surface area contributed by atoms with Crippen LogP contribution in [0.15, 0.2) is 54.9 Å². The second kappa shape index (κ2) is 7.19. The van der Waals surface area contributed by atoms with Crippen LogP contribution in [0, 0.1) is 12.5 Å². The minimum Gasteiger partial charge on any atom is -0.388 e. The second-order valence-electron chi connectivity index (χ2n) is 7.09. The van der Waals surface area contributed by atoms with Crippen LogP contribution >= 0.6 is 0 Å². The van der Waals surface area contributed by atoms with Gasteiger partial charge in [-0.1, -0.05) is 37.3 Å². The Morgan fingerprint density at radius 2 is 2.08 bits per heavy atom. The first-order valence-electron chi connectivity index (χ1n) is 9.11. The normalized spacial score (nSPS) is 20.8. The van der Waals surface area contributed by atoms with Crippen molar-refractivity contribution in [3.05, 3.63) is 71.8 Å². The molecule has 1 aliphatic rings. The number of aromatic nitrogens is 2. The Labute approximate surface area is 154 Å². The first kappa shape index (κ1) is 16.6. The van der Waals surface area contributed by atoms with Gasteiger partial charge in [-0.05, 0) is 36.6 Å². The minimum absolute atomic E-state index is 0.314. The van der Waals surface area contributed by atoms with Crippen molar-refractivity contribution in [1.29, 1.82) is 0 Å². The van der Waals surface area contributed by atoms with Crippen molar-refractivity contribution in [3.8, 4) is 0 Å². The Bertz CT molecular complexity index is 924. The number of hydrogen-bond acceptors (Lipinski definition) is 3. The van der Waals surface area contributed by atoms with E-state index < -0.39 is 0 Å². The van der Waals surface area contributed by atoms with Gasteiger partial charge in [0.1, 0.15) is 0 Å². The van der Waals surface area contributed by atoms with Gasteiger partial charge in [0.15, 0.2) is 0 Å². The molecular weight excluding hydrogens is 322 g/mol. The van der Waals surface area contributed by atoms with Crippen LogP contribution in [0.25, 0.3) is 10.4 Å². The lowest BCUT2D eigenvalue weighted by Gasteiger charge is -2.38.